The van der Waals surface area contributed by atoms with E-state index in [1.54, 1.807) is 6.07 Å². The quantitative estimate of drug-likeness (QED) is 0.718. The molecule has 1 aliphatic heterocycles. The summed E-state index contributed by atoms with van der Waals surface area (Å²) in [4.78, 5) is 25.2. The lowest BCUT2D eigenvalue weighted by Gasteiger charge is -2.26. The van der Waals surface area contributed by atoms with Gasteiger partial charge in [-0.25, -0.2) is 4.79 Å². The molecule has 1 atom stereocenters. The minimum absolute atomic E-state index is 0.0623. The van der Waals surface area contributed by atoms with Crippen LogP contribution in [0.25, 0.3) is 5.70 Å². The molecular weight excluding hydrogens is 352 g/mol. The Hall–Kier alpha value is -3.86. The van der Waals surface area contributed by atoms with Gasteiger partial charge in [-0.05, 0) is 29.8 Å². The van der Waals surface area contributed by atoms with E-state index in [1.807, 2.05) is 72.8 Å². The fourth-order valence-corrected chi connectivity index (χ4v) is 3.67. The fourth-order valence-electron chi connectivity index (χ4n) is 3.67. The van der Waals surface area contributed by atoms with Crippen LogP contribution in [-0.4, -0.2) is 11.8 Å². The van der Waals surface area contributed by atoms with E-state index >= 15 is 0 Å². The minimum atomic E-state index is -0.505. The van der Waals surface area contributed by atoms with Crippen LogP contribution in [0.1, 0.15) is 27.5 Å². The number of carbonyl (C=O) groups is 2. The highest BCUT2D eigenvalue weighted by atomic mass is 16.5. The van der Waals surface area contributed by atoms with E-state index in [-0.39, 0.29) is 11.8 Å². The van der Waals surface area contributed by atoms with Crippen molar-refractivity contribution in [2.45, 2.75) is 6.04 Å². The van der Waals surface area contributed by atoms with Gasteiger partial charge in [-0.2, -0.15) is 0 Å². The summed E-state index contributed by atoms with van der Waals surface area (Å²) in [5, 5.41) is 5.66. The summed E-state index contributed by atoms with van der Waals surface area (Å²) in [7, 11) is 0. The second-order valence-corrected chi connectivity index (χ2v) is 6.68. The van der Waals surface area contributed by atoms with Crippen molar-refractivity contribution in [1.82, 2.24) is 10.6 Å². The first-order valence-corrected chi connectivity index (χ1v) is 8.99. The van der Waals surface area contributed by atoms with Gasteiger partial charge in [0.1, 0.15) is 11.5 Å². The predicted octanol–water partition coefficient (Wildman–Crippen LogP) is 4.44. The summed E-state index contributed by atoms with van der Waals surface area (Å²) >= 11 is 0. The van der Waals surface area contributed by atoms with Gasteiger partial charge in [0.25, 0.3) is 0 Å². The summed E-state index contributed by atoms with van der Waals surface area (Å²) in [5.41, 5.74) is 3.37. The lowest BCUT2D eigenvalue weighted by Crippen LogP contribution is -2.43. The lowest BCUT2D eigenvalue weighted by molar-refractivity contribution is 0.103. The molecule has 1 heterocycles. The molecule has 1 unspecified atom stereocenters. The van der Waals surface area contributed by atoms with Gasteiger partial charge in [0, 0.05) is 11.1 Å². The number of urea groups is 1. The molecule has 1 aliphatic carbocycles. The lowest BCUT2D eigenvalue weighted by atomic mass is 9.94. The number of amides is 2. The van der Waals surface area contributed by atoms with E-state index < -0.39 is 6.04 Å². The topological polar surface area (TPSA) is 67.4 Å². The van der Waals surface area contributed by atoms with E-state index in [1.165, 1.54) is 0 Å². The highest BCUT2D eigenvalue weighted by molar-refractivity contribution is 6.23. The second-order valence-electron chi connectivity index (χ2n) is 6.68. The van der Waals surface area contributed by atoms with E-state index in [9.17, 15) is 9.59 Å². The Morgan fingerprint density at radius 1 is 0.714 bits per heavy atom. The van der Waals surface area contributed by atoms with Crippen LogP contribution in [-0.2, 0) is 0 Å². The first kappa shape index (κ1) is 16.3. The minimum Gasteiger partial charge on any atom is -0.457 e. The molecule has 3 aromatic rings. The Morgan fingerprint density at radius 2 is 1.36 bits per heavy atom. The molecule has 3 aromatic carbocycles. The molecule has 5 rings (SSSR count). The number of para-hydroxylation sites is 1. The zero-order valence-corrected chi connectivity index (χ0v) is 14.8. The maximum absolute atomic E-state index is 13.0. The molecule has 2 N–H and O–H groups in total. The molecular formula is C23H16N2O3. The number of benzene rings is 3. The molecule has 28 heavy (non-hydrogen) atoms. The SMILES string of the molecule is O=C1NC2=C(C(=O)c3ccccc32)C(c2ccc(Oc3ccccc3)cc2)N1. The predicted molar refractivity (Wildman–Crippen MR) is 105 cm³/mol. The molecule has 2 amide bonds. The van der Waals surface area contributed by atoms with Gasteiger partial charge in [0.2, 0.25) is 0 Å². The first-order chi connectivity index (χ1) is 13.7. The van der Waals surface area contributed by atoms with Gasteiger partial charge in [-0.3, -0.25) is 4.79 Å². The largest absolute Gasteiger partial charge is 0.457 e. The number of ether oxygens (including phenoxy) is 1. The number of hydrogen-bond donors (Lipinski definition) is 2. The van der Waals surface area contributed by atoms with Crippen molar-refractivity contribution in [3.63, 3.8) is 0 Å². The van der Waals surface area contributed by atoms with E-state index in [0.717, 1.165) is 16.9 Å². The third-order valence-corrected chi connectivity index (χ3v) is 4.95. The van der Waals surface area contributed by atoms with Gasteiger partial charge >= 0.3 is 6.03 Å². The normalized spacial score (nSPS) is 17.5. The highest BCUT2D eigenvalue weighted by Gasteiger charge is 2.39. The van der Waals surface area contributed by atoms with Gasteiger partial charge in [0.05, 0.1) is 17.3 Å². The van der Waals surface area contributed by atoms with Crippen LogP contribution in [0.5, 0.6) is 11.5 Å². The van der Waals surface area contributed by atoms with Crippen molar-refractivity contribution in [2.75, 3.05) is 0 Å². The summed E-state index contributed by atoms with van der Waals surface area (Å²) in [6.45, 7) is 0. The molecule has 5 heteroatoms. The highest BCUT2D eigenvalue weighted by Crippen LogP contribution is 2.40. The number of ketones is 1. The molecule has 5 nitrogen and oxygen atoms in total. The van der Waals surface area contributed by atoms with E-state index in [4.69, 9.17) is 4.74 Å². The van der Waals surface area contributed by atoms with Gasteiger partial charge < -0.3 is 15.4 Å². The maximum atomic E-state index is 13.0. The number of fused-ring (bicyclic) bond motifs is 2. The third-order valence-electron chi connectivity index (χ3n) is 4.95. The number of rotatable bonds is 3. The van der Waals surface area contributed by atoms with Crippen molar-refractivity contribution in [3.05, 3.63) is 101 Å². The fraction of sp³-hybridized carbons (Fsp3) is 0.0435. The van der Waals surface area contributed by atoms with Crippen molar-refractivity contribution in [1.29, 1.82) is 0 Å². The van der Waals surface area contributed by atoms with Crippen LogP contribution in [0, 0.1) is 0 Å². The van der Waals surface area contributed by atoms with Gasteiger partial charge in [-0.15, -0.1) is 0 Å². The van der Waals surface area contributed by atoms with Gasteiger partial charge in [0.15, 0.2) is 5.78 Å². The Morgan fingerprint density at radius 3 is 2.11 bits per heavy atom. The number of hydrogen-bond acceptors (Lipinski definition) is 3. The standard InChI is InChI=1S/C23H16N2O3/c26-22-18-9-5-4-8-17(18)21-19(22)20(24-23(27)25-21)14-10-12-16(13-11-14)28-15-6-2-1-3-7-15/h1-13,20H,(H2,24,25,27). The molecule has 0 bridgehead atoms. The van der Waals surface area contributed by atoms with Crippen molar-refractivity contribution >= 4 is 17.5 Å². The molecule has 0 saturated heterocycles. The second kappa shape index (κ2) is 6.39. The summed E-state index contributed by atoms with van der Waals surface area (Å²) in [6, 6.07) is 23.4. The van der Waals surface area contributed by atoms with Crippen molar-refractivity contribution in [2.24, 2.45) is 0 Å². The average Bonchev–Trinajstić information content (AvgIpc) is 3.01. The number of carbonyl (C=O) groups excluding carboxylic acids is 2. The molecule has 0 spiro atoms. The van der Waals surface area contributed by atoms with Crippen LogP contribution >= 0.6 is 0 Å². The molecule has 2 aliphatic rings. The first-order valence-electron chi connectivity index (χ1n) is 8.99. The zero-order chi connectivity index (χ0) is 19.1. The molecule has 0 saturated carbocycles. The molecule has 0 aromatic heterocycles. The van der Waals surface area contributed by atoms with E-state index in [2.05, 4.69) is 10.6 Å². The molecule has 0 radical (unpaired) electrons. The summed E-state index contributed by atoms with van der Waals surface area (Å²) in [5.74, 6) is 1.37. The van der Waals surface area contributed by atoms with Crippen LogP contribution in [0.3, 0.4) is 0 Å². The smallest absolute Gasteiger partial charge is 0.320 e. The summed E-state index contributed by atoms with van der Waals surface area (Å²) in [6.07, 6.45) is 0. The maximum Gasteiger partial charge on any atom is 0.320 e. The Labute approximate surface area is 161 Å². The van der Waals surface area contributed by atoms with Crippen LogP contribution in [0.2, 0.25) is 0 Å². The van der Waals surface area contributed by atoms with Crippen LogP contribution in [0.15, 0.2) is 84.4 Å². The number of nitrogens with one attached hydrogen (secondary N) is 2. The summed E-state index contributed by atoms with van der Waals surface area (Å²) < 4.78 is 5.82. The molecule has 0 fully saturated rings. The van der Waals surface area contributed by atoms with Crippen LogP contribution < -0.4 is 15.4 Å². The molecule has 136 valence electrons. The Bertz CT molecular complexity index is 1120. The zero-order valence-electron chi connectivity index (χ0n) is 14.8. The van der Waals surface area contributed by atoms with Gasteiger partial charge in [-0.1, -0.05) is 54.6 Å². The van der Waals surface area contributed by atoms with Crippen LogP contribution in [0.4, 0.5) is 4.79 Å². The van der Waals surface area contributed by atoms with Crippen molar-refractivity contribution in [3.8, 4) is 11.5 Å². The Kier molecular flexibility index (Phi) is 3.72. The number of Topliss-reactive ketones (excluding diaryl/α,β-unsaturated/α-hetero) is 1. The monoisotopic (exact) mass is 368 g/mol. The van der Waals surface area contributed by atoms with Crippen molar-refractivity contribution < 1.29 is 14.3 Å². The third kappa shape index (κ3) is 2.65. The average molecular weight is 368 g/mol. The van der Waals surface area contributed by atoms with E-state index in [0.29, 0.717) is 22.6 Å². The Balaban J connectivity index is 1.48.